The number of benzene rings is 1. The summed E-state index contributed by atoms with van der Waals surface area (Å²) in [4.78, 5) is 0. The van der Waals surface area contributed by atoms with Crippen molar-refractivity contribution in [3.8, 4) is 0 Å². The van der Waals surface area contributed by atoms with Gasteiger partial charge in [0.2, 0.25) is 0 Å². The molecule has 0 bridgehead atoms. The van der Waals surface area contributed by atoms with Gasteiger partial charge in [-0.15, -0.1) is 0 Å². The van der Waals surface area contributed by atoms with Crippen LogP contribution in [0.2, 0.25) is 0 Å². The molecule has 0 aliphatic carbocycles. The number of hydrogen-bond donors (Lipinski definition) is 2. The van der Waals surface area contributed by atoms with Gasteiger partial charge in [0, 0.05) is 0 Å². The number of rotatable bonds is 8. The van der Waals surface area contributed by atoms with Crippen molar-refractivity contribution in [1.82, 2.24) is 0 Å². The Kier molecular flexibility index (Phi) is 6.61. The van der Waals surface area contributed by atoms with Crippen LogP contribution < -0.4 is 10.9 Å². The smallest absolute Gasteiger partial charge is 0.330 e. The first kappa shape index (κ1) is 22.2. The highest BCUT2D eigenvalue weighted by Gasteiger charge is 2.36. The molecule has 0 spiro atoms. The molecule has 0 atom stereocenters. The van der Waals surface area contributed by atoms with Gasteiger partial charge in [0.25, 0.3) is 0 Å². The zero-order valence-corrected chi connectivity index (χ0v) is 17.1. The summed E-state index contributed by atoms with van der Waals surface area (Å²) >= 11 is 0. The van der Waals surface area contributed by atoms with Gasteiger partial charge in [0.15, 0.2) is 0 Å². The lowest BCUT2D eigenvalue weighted by molar-refractivity contribution is -0.0894. The Labute approximate surface area is 154 Å². The lowest BCUT2D eigenvalue weighted by atomic mass is 9.76. The van der Waals surface area contributed by atoms with Gasteiger partial charge >= 0.3 is 15.0 Å². The van der Waals surface area contributed by atoms with Gasteiger partial charge in [-0.05, 0) is 62.3 Å². The summed E-state index contributed by atoms with van der Waals surface area (Å²) in [5.74, 6) is 0. The molecule has 0 aromatic heterocycles. The minimum atomic E-state index is -0.970. The van der Waals surface area contributed by atoms with E-state index in [9.17, 15) is 10.2 Å². The van der Waals surface area contributed by atoms with Crippen molar-refractivity contribution in [2.45, 2.75) is 84.7 Å². The molecule has 2 radical (unpaired) electrons. The molecule has 1 aromatic carbocycles. The van der Waals surface area contributed by atoms with E-state index in [1.165, 1.54) is 0 Å². The van der Waals surface area contributed by atoms with Crippen molar-refractivity contribution < 1.29 is 19.5 Å². The lowest BCUT2D eigenvalue weighted by Crippen LogP contribution is -2.50. The molecule has 1 aromatic rings. The second-order valence-electron chi connectivity index (χ2n) is 8.79. The molecule has 0 unspecified atom stereocenters. The van der Waals surface area contributed by atoms with Crippen LogP contribution in [0, 0.1) is 6.92 Å². The Morgan fingerprint density at radius 3 is 1.28 bits per heavy atom. The third-order valence-electron chi connectivity index (χ3n) is 5.05. The van der Waals surface area contributed by atoms with Crippen LogP contribution in [0.3, 0.4) is 0 Å². The van der Waals surface area contributed by atoms with Crippen molar-refractivity contribution >= 4 is 25.9 Å². The van der Waals surface area contributed by atoms with Crippen molar-refractivity contribution in [1.29, 1.82) is 0 Å². The normalized spacial score (nSPS) is 13.7. The van der Waals surface area contributed by atoms with Crippen LogP contribution in [-0.4, -0.2) is 47.6 Å². The molecule has 4 nitrogen and oxygen atoms in total. The van der Waals surface area contributed by atoms with E-state index in [0.717, 1.165) is 16.5 Å². The molecule has 2 N–H and O–H groups in total. The molecule has 0 aliphatic heterocycles. The third-order valence-corrected chi connectivity index (χ3v) is 5.05. The summed E-state index contributed by atoms with van der Waals surface area (Å²) < 4.78 is 11.6. The first-order valence-corrected chi connectivity index (χ1v) is 8.64. The van der Waals surface area contributed by atoms with E-state index in [-0.39, 0.29) is 0 Å². The first-order chi connectivity index (χ1) is 11.1. The van der Waals surface area contributed by atoms with E-state index in [4.69, 9.17) is 9.31 Å². The van der Waals surface area contributed by atoms with E-state index in [1.807, 2.05) is 52.8 Å². The monoisotopic (exact) mass is 346 g/mol. The van der Waals surface area contributed by atoms with Crippen LogP contribution in [0.25, 0.3) is 0 Å². The predicted molar refractivity (Wildman–Crippen MR) is 105 cm³/mol. The molecule has 1 rings (SSSR count). The summed E-state index contributed by atoms with van der Waals surface area (Å²) in [6, 6.07) is 5.94. The second-order valence-corrected chi connectivity index (χ2v) is 8.79. The molecule has 0 saturated heterocycles. The maximum absolute atomic E-state index is 10.2. The predicted octanol–water partition coefficient (Wildman–Crippen LogP) is 1.62. The van der Waals surface area contributed by atoms with Crippen LogP contribution in [0.4, 0.5) is 0 Å². The van der Waals surface area contributed by atoms with Crippen molar-refractivity contribution in [3.05, 3.63) is 23.8 Å². The van der Waals surface area contributed by atoms with Gasteiger partial charge in [0.05, 0.1) is 22.4 Å². The number of aliphatic hydroxyl groups is 2. The first-order valence-electron chi connectivity index (χ1n) is 8.64. The number of aryl methyl sites for hydroxylation is 1. The highest BCUT2D eigenvalue weighted by molar-refractivity contribution is 6.51. The maximum atomic E-state index is 10.2. The molecule has 25 heavy (non-hydrogen) atoms. The van der Waals surface area contributed by atoms with Crippen LogP contribution in [0.15, 0.2) is 18.2 Å². The van der Waals surface area contributed by atoms with Crippen LogP contribution in [-0.2, 0) is 9.31 Å². The van der Waals surface area contributed by atoms with Gasteiger partial charge in [-0.2, -0.15) is 0 Å². The summed E-state index contributed by atoms with van der Waals surface area (Å²) in [5.41, 5.74) is -0.555. The minimum Gasteiger partial charge on any atom is -0.427 e. The summed E-state index contributed by atoms with van der Waals surface area (Å²) in [7, 11) is 3.31. The average Bonchev–Trinajstić information content (AvgIpc) is 2.40. The van der Waals surface area contributed by atoms with Crippen molar-refractivity contribution in [2.75, 3.05) is 0 Å². The molecule has 0 aliphatic rings. The summed E-state index contributed by atoms with van der Waals surface area (Å²) in [5, 5.41) is 20.4. The van der Waals surface area contributed by atoms with E-state index >= 15 is 0 Å². The fraction of sp³-hybridized carbons (Fsp3) is 0.684. The van der Waals surface area contributed by atoms with Gasteiger partial charge in [-0.3, -0.25) is 0 Å². The average molecular weight is 346 g/mol. The summed E-state index contributed by atoms with van der Waals surface area (Å²) in [6.07, 6.45) is 0. The van der Waals surface area contributed by atoms with E-state index in [0.29, 0.717) is 0 Å². The maximum Gasteiger partial charge on any atom is 0.330 e. The van der Waals surface area contributed by atoms with Gasteiger partial charge < -0.3 is 19.5 Å². The van der Waals surface area contributed by atoms with E-state index in [2.05, 4.69) is 0 Å². The molecular formula is C19H32B2O4. The quantitative estimate of drug-likeness (QED) is 0.703. The Morgan fingerprint density at radius 2 is 1.00 bits per heavy atom. The Bertz CT molecular complexity index is 536. The molecular weight excluding hydrogens is 314 g/mol. The lowest BCUT2D eigenvalue weighted by Gasteiger charge is -2.38. The topological polar surface area (TPSA) is 58.9 Å². The molecule has 138 valence electrons. The van der Waals surface area contributed by atoms with Gasteiger partial charge in [-0.1, -0.05) is 34.7 Å². The largest absolute Gasteiger partial charge is 0.427 e. The van der Waals surface area contributed by atoms with Gasteiger partial charge in [0.1, 0.15) is 0 Å². The summed E-state index contributed by atoms with van der Waals surface area (Å²) in [6.45, 7) is 16.3. The van der Waals surface area contributed by atoms with Crippen LogP contribution >= 0.6 is 0 Å². The zero-order valence-electron chi connectivity index (χ0n) is 17.1. The fourth-order valence-corrected chi connectivity index (χ4v) is 1.70. The SMILES string of the molecule is Cc1cc([B]OC(C)(C)C(C)(C)O)cc([B]OC(C)(C)C(C)(C)O)c1. The Hall–Kier alpha value is -0.810. The molecule has 0 saturated carbocycles. The molecule has 0 amide bonds. The number of hydrogen-bond acceptors (Lipinski definition) is 4. The standard InChI is InChI=1S/C19H32B2O4/c1-13-10-14(20-24-18(6,7)16(2,3)22)12-15(11-13)21-25-19(8,9)17(4,5)23/h10-12,22-23H,1-9H3. The van der Waals surface area contributed by atoms with Crippen molar-refractivity contribution in [3.63, 3.8) is 0 Å². The van der Waals surface area contributed by atoms with E-state index < -0.39 is 22.4 Å². The Balaban J connectivity index is 2.84. The minimum absolute atomic E-state index is 0.722. The third kappa shape index (κ3) is 6.14. The highest BCUT2D eigenvalue weighted by atomic mass is 16.5. The highest BCUT2D eigenvalue weighted by Crippen LogP contribution is 2.25. The molecule has 6 heteroatoms. The fourth-order valence-electron chi connectivity index (χ4n) is 1.70. The van der Waals surface area contributed by atoms with Crippen LogP contribution in [0.1, 0.15) is 61.0 Å². The van der Waals surface area contributed by atoms with Crippen molar-refractivity contribution in [2.24, 2.45) is 0 Å². The molecule has 0 fully saturated rings. The zero-order chi connectivity index (χ0) is 19.7. The van der Waals surface area contributed by atoms with Crippen LogP contribution in [0.5, 0.6) is 0 Å². The Morgan fingerprint density at radius 1 is 0.680 bits per heavy atom. The van der Waals surface area contributed by atoms with Gasteiger partial charge in [-0.25, -0.2) is 0 Å². The van der Waals surface area contributed by atoms with E-state index in [1.54, 1.807) is 42.7 Å². The molecule has 0 heterocycles. The second kappa shape index (κ2) is 7.43.